The van der Waals surface area contributed by atoms with Gasteiger partial charge in [0, 0.05) is 22.8 Å². The molecule has 0 fully saturated rings. The van der Waals surface area contributed by atoms with Gasteiger partial charge in [-0.3, -0.25) is 14.4 Å². The average Bonchev–Trinajstić information content (AvgIpc) is 2.67. The molecule has 8 nitrogen and oxygen atoms in total. The smallest absolute Gasteiger partial charge is 0.264 e. The van der Waals surface area contributed by atoms with Gasteiger partial charge in [-0.05, 0) is 55.0 Å². The van der Waals surface area contributed by atoms with Crippen molar-refractivity contribution in [1.29, 1.82) is 0 Å². The number of nitrogens with zero attached hydrogens (tertiary/aromatic N) is 1. The Labute approximate surface area is 172 Å². The summed E-state index contributed by atoms with van der Waals surface area (Å²) in [6, 6.07) is 10.7. The summed E-state index contributed by atoms with van der Waals surface area (Å²) in [6.07, 6.45) is 0. The summed E-state index contributed by atoms with van der Waals surface area (Å²) in [5.74, 6) is -0.869. The van der Waals surface area contributed by atoms with E-state index in [1.54, 1.807) is 12.1 Å². The number of amides is 2. The Morgan fingerprint density at radius 3 is 2.36 bits per heavy atom. The van der Waals surface area contributed by atoms with Crippen LogP contribution < -0.4 is 10.6 Å². The number of halogens is 1. The maximum absolute atomic E-state index is 12.2. The Morgan fingerprint density at radius 1 is 1.14 bits per heavy atom. The topological polar surface area (TPSA) is 105 Å². The van der Waals surface area contributed by atoms with E-state index >= 15 is 0 Å². The van der Waals surface area contributed by atoms with Crippen LogP contribution in [0, 0.1) is 6.92 Å². The molecule has 28 heavy (non-hydrogen) atoms. The van der Waals surface area contributed by atoms with Gasteiger partial charge in [0.1, 0.15) is 0 Å². The molecule has 0 aliphatic rings. The van der Waals surface area contributed by atoms with Crippen molar-refractivity contribution in [3.05, 3.63) is 58.1 Å². The van der Waals surface area contributed by atoms with Crippen LogP contribution in [-0.4, -0.2) is 45.4 Å². The van der Waals surface area contributed by atoms with E-state index in [1.807, 2.05) is 13.0 Å². The van der Waals surface area contributed by atoms with Crippen molar-refractivity contribution >= 4 is 43.5 Å². The highest BCUT2D eigenvalue weighted by Crippen LogP contribution is 2.20. The molecule has 150 valence electrons. The van der Waals surface area contributed by atoms with E-state index in [1.165, 1.54) is 38.4 Å². The van der Waals surface area contributed by atoms with Crippen LogP contribution in [0.4, 0.5) is 5.69 Å². The zero-order valence-corrected chi connectivity index (χ0v) is 17.9. The molecule has 2 N–H and O–H groups in total. The number of hydroxylamine groups is 1. The SMILES string of the molecule is CON(C)S(=O)(=O)c1ccc(C(=O)NCC(=O)Nc2ccc(Br)cc2C)cc1. The molecule has 0 saturated heterocycles. The molecule has 0 bridgehead atoms. The van der Waals surface area contributed by atoms with E-state index in [-0.39, 0.29) is 22.9 Å². The van der Waals surface area contributed by atoms with E-state index in [0.29, 0.717) is 5.69 Å². The van der Waals surface area contributed by atoms with Gasteiger partial charge in [0.05, 0.1) is 18.6 Å². The molecule has 2 aromatic carbocycles. The van der Waals surface area contributed by atoms with Crippen molar-refractivity contribution in [3.8, 4) is 0 Å². The van der Waals surface area contributed by atoms with Gasteiger partial charge >= 0.3 is 0 Å². The summed E-state index contributed by atoms with van der Waals surface area (Å²) in [6.45, 7) is 1.64. The van der Waals surface area contributed by atoms with E-state index in [2.05, 4.69) is 26.6 Å². The quantitative estimate of drug-likeness (QED) is 0.605. The first-order chi connectivity index (χ1) is 13.1. The minimum absolute atomic E-state index is 0.0168. The number of hydrogen-bond donors (Lipinski definition) is 2. The van der Waals surface area contributed by atoms with E-state index < -0.39 is 15.9 Å². The molecule has 0 aromatic heterocycles. The van der Waals surface area contributed by atoms with Gasteiger partial charge in [0.25, 0.3) is 15.9 Å². The van der Waals surface area contributed by atoms with Crippen LogP contribution in [0.1, 0.15) is 15.9 Å². The van der Waals surface area contributed by atoms with Crippen LogP contribution in [0.15, 0.2) is 51.8 Å². The molecular weight excluding hydrogens is 450 g/mol. The monoisotopic (exact) mass is 469 g/mol. The second kappa shape index (κ2) is 9.28. The Morgan fingerprint density at radius 2 is 1.79 bits per heavy atom. The van der Waals surface area contributed by atoms with E-state index in [9.17, 15) is 18.0 Å². The fourth-order valence-corrected chi connectivity index (χ4v) is 3.70. The first-order valence-electron chi connectivity index (χ1n) is 8.12. The second-order valence-corrected chi connectivity index (χ2v) is 8.66. The standard InChI is InChI=1S/C18H20BrN3O5S/c1-12-10-14(19)6-9-16(12)21-17(23)11-20-18(24)13-4-7-15(8-5-13)28(25,26)22(2)27-3/h4-10H,11H2,1-3H3,(H,20,24)(H,21,23). The molecule has 0 heterocycles. The molecule has 2 amide bonds. The highest BCUT2D eigenvalue weighted by molar-refractivity contribution is 9.10. The highest BCUT2D eigenvalue weighted by atomic mass is 79.9. The largest absolute Gasteiger partial charge is 0.343 e. The van der Waals surface area contributed by atoms with Crippen LogP contribution in [0.3, 0.4) is 0 Å². The molecule has 10 heteroatoms. The fraction of sp³-hybridized carbons (Fsp3) is 0.222. The zero-order chi connectivity index (χ0) is 20.9. The van der Waals surface area contributed by atoms with Gasteiger partial charge < -0.3 is 10.6 Å². The van der Waals surface area contributed by atoms with E-state index in [4.69, 9.17) is 4.84 Å². The lowest BCUT2D eigenvalue weighted by Crippen LogP contribution is -2.33. The van der Waals surface area contributed by atoms with Crippen LogP contribution >= 0.6 is 15.9 Å². The third-order valence-corrected chi connectivity index (χ3v) is 6.07. The number of hydrogen-bond acceptors (Lipinski definition) is 5. The molecule has 0 radical (unpaired) electrons. The number of carbonyl (C=O) groups is 2. The Balaban J connectivity index is 1.96. The Bertz CT molecular complexity index is 977. The molecule has 0 saturated carbocycles. The number of anilines is 1. The number of benzene rings is 2. The number of sulfonamides is 1. The number of aryl methyl sites for hydroxylation is 1. The third kappa shape index (κ3) is 5.38. The molecule has 0 atom stereocenters. The van der Waals surface area contributed by atoms with Gasteiger partial charge in [0.15, 0.2) is 0 Å². The van der Waals surface area contributed by atoms with Gasteiger partial charge in [-0.25, -0.2) is 8.42 Å². The molecule has 0 aliphatic carbocycles. The lowest BCUT2D eigenvalue weighted by Gasteiger charge is -2.14. The van der Waals surface area contributed by atoms with Crippen LogP contribution in [0.5, 0.6) is 0 Å². The fourth-order valence-electron chi connectivity index (χ4n) is 2.25. The van der Waals surface area contributed by atoms with Gasteiger partial charge in [-0.15, -0.1) is 0 Å². The predicted molar refractivity (Wildman–Crippen MR) is 108 cm³/mol. The normalized spacial score (nSPS) is 11.3. The van der Waals surface area contributed by atoms with Crippen LogP contribution in [0.2, 0.25) is 0 Å². The van der Waals surface area contributed by atoms with Crippen molar-refractivity contribution < 1.29 is 22.8 Å². The summed E-state index contributed by atoms with van der Waals surface area (Å²) in [5, 5.41) is 5.22. The summed E-state index contributed by atoms with van der Waals surface area (Å²) in [7, 11) is -1.29. The number of carbonyl (C=O) groups excluding carboxylic acids is 2. The molecule has 0 spiro atoms. The van der Waals surface area contributed by atoms with Crippen molar-refractivity contribution in [2.75, 3.05) is 26.0 Å². The van der Waals surface area contributed by atoms with Crippen molar-refractivity contribution in [3.63, 3.8) is 0 Å². The van der Waals surface area contributed by atoms with Crippen molar-refractivity contribution in [1.82, 2.24) is 9.79 Å². The third-order valence-electron chi connectivity index (χ3n) is 3.88. The lowest BCUT2D eigenvalue weighted by atomic mass is 10.2. The number of rotatable bonds is 7. The highest BCUT2D eigenvalue weighted by Gasteiger charge is 2.21. The van der Waals surface area contributed by atoms with Gasteiger partial charge in [-0.2, -0.15) is 0 Å². The summed E-state index contributed by atoms with van der Waals surface area (Å²) in [5.41, 5.74) is 1.76. The maximum Gasteiger partial charge on any atom is 0.264 e. The minimum atomic E-state index is -3.79. The Kier molecular flexibility index (Phi) is 7.30. The van der Waals surface area contributed by atoms with Gasteiger partial charge in [-0.1, -0.05) is 20.4 Å². The van der Waals surface area contributed by atoms with Gasteiger partial charge in [0.2, 0.25) is 5.91 Å². The maximum atomic E-state index is 12.2. The predicted octanol–water partition coefficient (Wildman–Crippen LogP) is 2.31. The molecule has 2 rings (SSSR count). The minimum Gasteiger partial charge on any atom is -0.343 e. The number of nitrogens with one attached hydrogen (secondary N) is 2. The zero-order valence-electron chi connectivity index (χ0n) is 15.5. The second-order valence-electron chi connectivity index (χ2n) is 5.81. The molecule has 2 aromatic rings. The summed E-state index contributed by atoms with van der Waals surface area (Å²) in [4.78, 5) is 28.9. The van der Waals surface area contributed by atoms with Crippen molar-refractivity contribution in [2.24, 2.45) is 0 Å². The summed E-state index contributed by atoms with van der Waals surface area (Å²) >= 11 is 3.35. The van der Waals surface area contributed by atoms with Crippen LogP contribution in [0.25, 0.3) is 0 Å². The molecule has 0 unspecified atom stereocenters. The van der Waals surface area contributed by atoms with E-state index in [0.717, 1.165) is 14.5 Å². The average molecular weight is 470 g/mol. The summed E-state index contributed by atoms with van der Waals surface area (Å²) < 4.78 is 25.9. The molecule has 0 aliphatic heterocycles. The first kappa shape index (κ1) is 22.0. The first-order valence-corrected chi connectivity index (χ1v) is 10.4. The lowest BCUT2D eigenvalue weighted by molar-refractivity contribution is -0.115. The van der Waals surface area contributed by atoms with Crippen LogP contribution in [-0.2, 0) is 19.7 Å². The molecular formula is C18H20BrN3O5S. The van der Waals surface area contributed by atoms with Crippen molar-refractivity contribution in [2.45, 2.75) is 11.8 Å². The Hall–Kier alpha value is -2.27.